The molecule has 0 spiro atoms. The zero-order chi connectivity index (χ0) is 18.6. The van der Waals surface area contributed by atoms with E-state index in [0.29, 0.717) is 5.82 Å². The summed E-state index contributed by atoms with van der Waals surface area (Å²) in [5.41, 5.74) is 4.64. The molecule has 132 valence electrons. The molecule has 0 aliphatic heterocycles. The maximum atomic E-state index is 10.6. The summed E-state index contributed by atoms with van der Waals surface area (Å²) in [6.07, 6.45) is 4.84. The van der Waals surface area contributed by atoms with Crippen LogP contribution in [0.15, 0.2) is 84.2 Å². The normalized spacial score (nSPS) is 11.1. The van der Waals surface area contributed by atoms with Gasteiger partial charge in [0.05, 0.1) is 16.8 Å². The first-order chi connectivity index (χ1) is 13.2. The van der Waals surface area contributed by atoms with Gasteiger partial charge < -0.3 is 4.57 Å². The van der Waals surface area contributed by atoms with Crippen LogP contribution in [0, 0.1) is 10.1 Å². The summed E-state index contributed by atoms with van der Waals surface area (Å²) < 4.78 is 2.03. The van der Waals surface area contributed by atoms with Gasteiger partial charge in [0.15, 0.2) is 0 Å². The molecule has 2 aromatic heterocycles. The van der Waals surface area contributed by atoms with E-state index in [9.17, 15) is 10.1 Å². The van der Waals surface area contributed by atoms with Crippen LogP contribution in [-0.4, -0.2) is 20.7 Å². The third-order valence-electron chi connectivity index (χ3n) is 4.13. The molecule has 0 bridgehead atoms. The number of pyridine rings is 1. The van der Waals surface area contributed by atoms with Crippen molar-refractivity contribution in [3.8, 4) is 5.69 Å². The Morgan fingerprint density at radius 1 is 1.04 bits per heavy atom. The summed E-state index contributed by atoms with van der Waals surface area (Å²) in [4.78, 5) is 14.1. The first-order valence-corrected chi connectivity index (χ1v) is 8.27. The highest BCUT2D eigenvalue weighted by Gasteiger charge is 2.05. The van der Waals surface area contributed by atoms with E-state index < -0.39 is 4.92 Å². The second-order valence-corrected chi connectivity index (χ2v) is 5.86. The van der Waals surface area contributed by atoms with E-state index in [4.69, 9.17) is 0 Å². The number of nitro groups is 1. The second kappa shape index (κ2) is 7.09. The van der Waals surface area contributed by atoms with Crippen LogP contribution in [0.3, 0.4) is 0 Å². The van der Waals surface area contributed by atoms with E-state index in [1.807, 2.05) is 35.0 Å². The van der Waals surface area contributed by atoms with Crippen LogP contribution in [0.2, 0.25) is 0 Å². The number of anilines is 1. The number of rotatable bonds is 5. The third-order valence-corrected chi connectivity index (χ3v) is 4.13. The van der Waals surface area contributed by atoms with Gasteiger partial charge in [-0.25, -0.2) is 4.98 Å². The monoisotopic (exact) mass is 357 g/mol. The number of nitrogens with zero attached hydrogens (tertiary/aromatic N) is 4. The molecule has 1 N–H and O–H groups in total. The summed E-state index contributed by atoms with van der Waals surface area (Å²) in [7, 11) is 0. The van der Waals surface area contributed by atoms with Crippen molar-refractivity contribution < 1.29 is 4.92 Å². The number of benzene rings is 2. The fraction of sp³-hybridized carbons (Fsp3) is 0. The summed E-state index contributed by atoms with van der Waals surface area (Å²) in [5.74, 6) is 0.431. The van der Waals surface area contributed by atoms with Crippen LogP contribution in [0.1, 0.15) is 5.69 Å². The molecule has 0 saturated carbocycles. The highest BCUT2D eigenvalue weighted by atomic mass is 16.6. The maximum Gasteiger partial charge on any atom is 0.287 e. The maximum absolute atomic E-state index is 10.6. The Bertz CT molecular complexity index is 1130. The van der Waals surface area contributed by atoms with E-state index in [-0.39, 0.29) is 5.69 Å². The Labute approximate surface area is 154 Å². The van der Waals surface area contributed by atoms with Crippen molar-refractivity contribution in [2.75, 3.05) is 5.43 Å². The number of fused-ring (bicyclic) bond motifs is 1. The van der Waals surface area contributed by atoms with Gasteiger partial charge in [-0.3, -0.25) is 15.5 Å². The number of hydrogen-bond acceptors (Lipinski definition) is 5. The minimum Gasteiger partial charge on any atom is -0.316 e. The first kappa shape index (κ1) is 16.5. The molecular weight excluding hydrogens is 342 g/mol. The van der Waals surface area contributed by atoms with Crippen LogP contribution >= 0.6 is 0 Å². The SMILES string of the molecule is O=[N+]([O-])c1ccc(N/N=C/c2cccn2-c2ccc3ccccc3c2)nc1. The molecule has 0 aliphatic rings. The quantitative estimate of drug-likeness (QED) is 0.326. The molecule has 7 heteroatoms. The van der Waals surface area contributed by atoms with Gasteiger partial charge >= 0.3 is 0 Å². The summed E-state index contributed by atoms with van der Waals surface area (Å²) in [6.45, 7) is 0. The number of hydrazone groups is 1. The number of aromatic nitrogens is 2. The van der Waals surface area contributed by atoms with Crippen molar-refractivity contribution >= 4 is 28.5 Å². The molecule has 2 aromatic carbocycles. The van der Waals surface area contributed by atoms with Crippen LogP contribution in [-0.2, 0) is 0 Å². The van der Waals surface area contributed by atoms with Gasteiger partial charge in [-0.15, -0.1) is 0 Å². The van der Waals surface area contributed by atoms with Crippen LogP contribution < -0.4 is 5.43 Å². The second-order valence-electron chi connectivity index (χ2n) is 5.86. The van der Waals surface area contributed by atoms with Crippen molar-refractivity contribution in [1.82, 2.24) is 9.55 Å². The lowest BCUT2D eigenvalue weighted by molar-refractivity contribution is -0.385. The lowest BCUT2D eigenvalue weighted by Crippen LogP contribution is -2.00. The molecule has 0 unspecified atom stereocenters. The van der Waals surface area contributed by atoms with Crippen molar-refractivity contribution in [2.24, 2.45) is 5.10 Å². The molecule has 4 rings (SSSR count). The Morgan fingerprint density at radius 2 is 1.89 bits per heavy atom. The van der Waals surface area contributed by atoms with E-state index in [2.05, 4.69) is 45.8 Å². The molecule has 0 aliphatic carbocycles. The average molecular weight is 357 g/mol. The van der Waals surface area contributed by atoms with Gasteiger partial charge in [0.25, 0.3) is 5.69 Å². The summed E-state index contributed by atoms with van der Waals surface area (Å²) >= 11 is 0. The highest BCUT2D eigenvalue weighted by Crippen LogP contribution is 2.20. The van der Waals surface area contributed by atoms with Gasteiger partial charge in [0.2, 0.25) is 0 Å². The van der Waals surface area contributed by atoms with E-state index in [1.165, 1.54) is 29.1 Å². The van der Waals surface area contributed by atoms with Gasteiger partial charge in [-0.1, -0.05) is 30.3 Å². The molecule has 0 fully saturated rings. The largest absolute Gasteiger partial charge is 0.316 e. The molecule has 0 amide bonds. The molecule has 0 saturated heterocycles. The van der Waals surface area contributed by atoms with Crippen LogP contribution in [0.25, 0.3) is 16.5 Å². The Balaban J connectivity index is 1.54. The number of nitrogens with one attached hydrogen (secondary N) is 1. The average Bonchev–Trinajstić information content (AvgIpc) is 3.16. The van der Waals surface area contributed by atoms with Crippen molar-refractivity contribution in [3.05, 3.63) is 94.9 Å². The van der Waals surface area contributed by atoms with Gasteiger partial charge in [0, 0.05) is 18.0 Å². The fourth-order valence-corrected chi connectivity index (χ4v) is 2.79. The highest BCUT2D eigenvalue weighted by molar-refractivity contribution is 5.85. The van der Waals surface area contributed by atoms with E-state index in [0.717, 1.165) is 11.4 Å². The van der Waals surface area contributed by atoms with Crippen LogP contribution in [0.4, 0.5) is 11.5 Å². The standard InChI is InChI=1S/C20H15N5O2/c26-25(27)19-9-10-20(21-13-19)23-22-14-18-6-3-11-24(18)17-8-7-15-4-1-2-5-16(15)12-17/h1-14H,(H,21,23)/b22-14+. The van der Waals surface area contributed by atoms with Gasteiger partial charge in [-0.2, -0.15) is 5.10 Å². The molecule has 27 heavy (non-hydrogen) atoms. The molecule has 2 heterocycles. The minimum absolute atomic E-state index is 0.0605. The summed E-state index contributed by atoms with van der Waals surface area (Å²) in [6, 6.07) is 21.3. The predicted molar refractivity (Wildman–Crippen MR) is 105 cm³/mol. The fourth-order valence-electron chi connectivity index (χ4n) is 2.79. The molecule has 7 nitrogen and oxygen atoms in total. The molecule has 0 radical (unpaired) electrons. The Kier molecular flexibility index (Phi) is 4.32. The minimum atomic E-state index is -0.490. The van der Waals surface area contributed by atoms with Gasteiger partial charge in [0.1, 0.15) is 12.0 Å². The lowest BCUT2D eigenvalue weighted by Gasteiger charge is -2.08. The third kappa shape index (κ3) is 3.52. The smallest absolute Gasteiger partial charge is 0.287 e. The zero-order valence-electron chi connectivity index (χ0n) is 14.2. The first-order valence-electron chi connectivity index (χ1n) is 8.27. The molecule has 0 atom stereocenters. The van der Waals surface area contributed by atoms with Crippen molar-refractivity contribution in [3.63, 3.8) is 0 Å². The van der Waals surface area contributed by atoms with E-state index in [1.54, 1.807) is 6.21 Å². The Morgan fingerprint density at radius 3 is 2.67 bits per heavy atom. The topological polar surface area (TPSA) is 85.4 Å². The predicted octanol–water partition coefficient (Wildman–Crippen LogP) is 4.38. The molecule has 4 aromatic rings. The van der Waals surface area contributed by atoms with Gasteiger partial charge in [-0.05, 0) is 41.1 Å². The molecular formula is C20H15N5O2. The summed E-state index contributed by atoms with van der Waals surface area (Å²) in [5, 5.41) is 17.2. The zero-order valence-corrected chi connectivity index (χ0v) is 14.2. The van der Waals surface area contributed by atoms with Crippen molar-refractivity contribution in [2.45, 2.75) is 0 Å². The van der Waals surface area contributed by atoms with Crippen molar-refractivity contribution in [1.29, 1.82) is 0 Å². The Hall–Kier alpha value is -4.00. The lowest BCUT2D eigenvalue weighted by atomic mass is 10.1. The number of hydrogen-bond donors (Lipinski definition) is 1. The van der Waals surface area contributed by atoms with Crippen LogP contribution in [0.5, 0.6) is 0 Å². The van der Waals surface area contributed by atoms with E-state index >= 15 is 0 Å².